The number of carbonyl (C=O) groups excluding carboxylic acids is 2. The van der Waals surface area contributed by atoms with Crippen molar-refractivity contribution >= 4 is 44.8 Å². The predicted octanol–water partition coefficient (Wildman–Crippen LogP) is 6.32. The Morgan fingerprint density at radius 3 is 1.55 bits per heavy atom. The van der Waals surface area contributed by atoms with Gasteiger partial charge in [0.25, 0.3) is 11.8 Å². The fourth-order valence-electron chi connectivity index (χ4n) is 5.23. The van der Waals surface area contributed by atoms with E-state index in [1.807, 2.05) is 0 Å². The summed E-state index contributed by atoms with van der Waals surface area (Å²) in [5.41, 5.74) is -3.78. The number of aromatic hydroxyl groups is 1. The Hall–Kier alpha value is -5.72. The second kappa shape index (κ2) is 13.9. The van der Waals surface area contributed by atoms with Gasteiger partial charge in [0, 0.05) is 11.1 Å². The van der Waals surface area contributed by atoms with Crippen LogP contribution in [0.3, 0.4) is 0 Å². The molecule has 1 N–H and O–H groups in total. The minimum Gasteiger partial charge on any atom is -0.506 e. The van der Waals surface area contributed by atoms with Crippen molar-refractivity contribution in [3.05, 3.63) is 106 Å². The normalized spacial score (nSPS) is 16.3. The molecule has 0 spiro atoms. The van der Waals surface area contributed by atoms with Crippen molar-refractivity contribution in [2.24, 2.45) is 0 Å². The van der Waals surface area contributed by atoms with Crippen molar-refractivity contribution in [1.29, 1.82) is 10.5 Å². The molecule has 4 aromatic rings. The van der Waals surface area contributed by atoms with Crippen LogP contribution in [-0.4, -0.2) is 44.2 Å². The number of phenols is 1. The first kappa shape index (κ1) is 36.6. The fourth-order valence-corrected chi connectivity index (χ4v) is 7.77. The maximum Gasteiger partial charge on any atom is 0.420 e. The summed E-state index contributed by atoms with van der Waals surface area (Å²) >= 11 is 0. The molecule has 0 bridgehead atoms. The van der Waals surface area contributed by atoms with E-state index in [0.29, 0.717) is 33.3 Å². The zero-order chi connectivity index (χ0) is 37.4. The predicted molar refractivity (Wildman–Crippen MR) is 170 cm³/mol. The molecule has 2 amide bonds. The van der Waals surface area contributed by atoms with E-state index in [1.165, 1.54) is 12.1 Å². The number of anilines is 2. The highest BCUT2D eigenvalue weighted by Gasteiger charge is 2.39. The molecule has 0 aromatic heterocycles. The van der Waals surface area contributed by atoms with Crippen LogP contribution in [0.2, 0.25) is 0 Å². The third-order valence-corrected chi connectivity index (χ3v) is 10.2. The maximum absolute atomic E-state index is 13.3. The maximum atomic E-state index is 13.3. The van der Waals surface area contributed by atoms with E-state index in [9.17, 15) is 49.5 Å². The van der Waals surface area contributed by atoms with Crippen LogP contribution < -0.4 is 14.5 Å². The molecule has 2 atom stereocenters. The van der Waals surface area contributed by atoms with Gasteiger partial charge in [-0.15, -0.1) is 0 Å². The molecule has 51 heavy (non-hydrogen) atoms. The number of fused-ring (bicyclic) bond motifs is 2. The quantitative estimate of drug-likeness (QED) is 0.239. The number of rotatable bonds is 3. The van der Waals surface area contributed by atoms with E-state index >= 15 is 0 Å². The topological polar surface area (TPSA) is 152 Å². The van der Waals surface area contributed by atoms with Gasteiger partial charge in [0.15, 0.2) is 0 Å². The largest absolute Gasteiger partial charge is 0.506 e. The molecule has 10 nitrogen and oxygen atoms in total. The highest BCUT2D eigenvalue weighted by molar-refractivity contribution is 7.86. The van der Waals surface area contributed by atoms with Gasteiger partial charge < -0.3 is 9.84 Å². The standard InChI is InChI=1S/C17H11F3N2O3S.C16H9F3N2O3S/c1-25-15-11(8-21)6-10(7-12(15)17(18,19)20)16(23)22-9-26(24)14-5-3-2-4-13(14)22;17-16(18,19)11-6-9(5-10(7-20)14(11)22)15(23)21-8-25(24)13-4-2-1-3-12(13)21/h2-7H,9H2,1H3;1-6,22H,8H2. The lowest BCUT2D eigenvalue weighted by Gasteiger charge is -2.19. The lowest BCUT2D eigenvalue weighted by atomic mass is 10.0. The number of carbonyl (C=O) groups is 2. The van der Waals surface area contributed by atoms with Gasteiger partial charge in [-0.3, -0.25) is 27.8 Å². The summed E-state index contributed by atoms with van der Waals surface area (Å²) in [6.45, 7) is 0. The molecule has 2 aliphatic rings. The summed E-state index contributed by atoms with van der Waals surface area (Å²) in [6, 6.07) is 18.9. The van der Waals surface area contributed by atoms with Gasteiger partial charge in [-0.25, -0.2) is 0 Å². The molecule has 0 saturated heterocycles. The van der Waals surface area contributed by atoms with Crippen LogP contribution in [0.25, 0.3) is 0 Å². The Morgan fingerprint density at radius 1 is 0.725 bits per heavy atom. The van der Waals surface area contributed by atoms with Crippen LogP contribution in [0.5, 0.6) is 11.5 Å². The van der Waals surface area contributed by atoms with Crippen molar-refractivity contribution in [1.82, 2.24) is 0 Å². The van der Waals surface area contributed by atoms with E-state index in [-0.39, 0.29) is 17.3 Å². The first-order chi connectivity index (χ1) is 24.0. The van der Waals surface area contributed by atoms with Crippen molar-refractivity contribution < 1.29 is 54.2 Å². The Morgan fingerprint density at radius 2 is 1.14 bits per heavy atom. The molecule has 0 saturated carbocycles. The smallest absolute Gasteiger partial charge is 0.420 e. The van der Waals surface area contributed by atoms with Crippen molar-refractivity contribution in [2.75, 3.05) is 28.7 Å². The molecule has 2 heterocycles. The van der Waals surface area contributed by atoms with Crippen LogP contribution in [0.4, 0.5) is 37.7 Å². The van der Waals surface area contributed by atoms with E-state index < -0.39 is 85.1 Å². The van der Waals surface area contributed by atoms with Crippen LogP contribution in [0, 0.1) is 22.7 Å². The van der Waals surface area contributed by atoms with Gasteiger partial charge in [0.2, 0.25) is 0 Å². The van der Waals surface area contributed by atoms with Crippen LogP contribution in [0.15, 0.2) is 82.6 Å². The average Bonchev–Trinajstić information content (AvgIpc) is 3.62. The number of para-hydroxylation sites is 2. The van der Waals surface area contributed by atoms with E-state index in [2.05, 4.69) is 0 Å². The summed E-state index contributed by atoms with van der Waals surface area (Å²) < 4.78 is 108. The molecule has 0 radical (unpaired) electrons. The molecule has 6 rings (SSSR count). The van der Waals surface area contributed by atoms with E-state index in [4.69, 9.17) is 15.3 Å². The number of amides is 2. The highest BCUT2D eigenvalue weighted by atomic mass is 32.2. The summed E-state index contributed by atoms with van der Waals surface area (Å²) in [6.07, 6.45) is -9.74. The number of methoxy groups -OCH3 is 1. The molecule has 2 unspecified atom stereocenters. The number of hydrogen-bond acceptors (Lipinski definition) is 8. The lowest BCUT2D eigenvalue weighted by molar-refractivity contribution is -0.139. The fraction of sp³-hybridized carbons (Fsp3) is 0.152. The third kappa shape index (κ3) is 7.01. The van der Waals surface area contributed by atoms with Gasteiger partial charge >= 0.3 is 12.4 Å². The number of phenolic OH excluding ortho intramolecular Hbond substituents is 1. The van der Waals surface area contributed by atoms with Crippen LogP contribution in [-0.2, 0) is 34.0 Å². The molecule has 18 heteroatoms. The SMILES string of the molecule is COc1c(C#N)cc(C(=O)N2CS(=O)c3ccccc32)cc1C(F)(F)F.N#Cc1cc(C(=O)N2CS(=O)c3ccccc32)cc(C(F)(F)F)c1O. The molecule has 0 fully saturated rings. The Labute approximate surface area is 289 Å². The van der Waals surface area contributed by atoms with Crippen LogP contribution >= 0.6 is 0 Å². The van der Waals surface area contributed by atoms with E-state index in [0.717, 1.165) is 29.0 Å². The third-order valence-electron chi connectivity index (χ3n) is 7.53. The number of benzene rings is 4. The zero-order valence-corrected chi connectivity index (χ0v) is 27.3. The highest BCUT2D eigenvalue weighted by Crippen LogP contribution is 2.41. The van der Waals surface area contributed by atoms with Gasteiger partial charge in [-0.1, -0.05) is 24.3 Å². The van der Waals surface area contributed by atoms with Crippen molar-refractivity contribution in [3.8, 4) is 23.6 Å². The first-order valence-corrected chi connectivity index (χ1v) is 16.8. The van der Waals surface area contributed by atoms with E-state index in [1.54, 1.807) is 48.5 Å². The number of alkyl halides is 6. The first-order valence-electron chi connectivity index (χ1n) is 14.1. The van der Waals surface area contributed by atoms with Gasteiger partial charge in [-0.05, 0) is 48.5 Å². The van der Waals surface area contributed by atoms with Crippen molar-refractivity contribution in [2.45, 2.75) is 22.1 Å². The molecular formula is C33H20F6N4O6S2. The second-order valence-electron chi connectivity index (χ2n) is 10.6. The summed E-state index contributed by atoms with van der Waals surface area (Å²) in [5.74, 6) is -3.82. The number of hydrogen-bond donors (Lipinski definition) is 1. The van der Waals surface area contributed by atoms with Gasteiger partial charge in [0.05, 0.1) is 72.1 Å². The van der Waals surface area contributed by atoms with Crippen LogP contribution in [0.1, 0.15) is 43.0 Å². The zero-order valence-electron chi connectivity index (χ0n) is 25.7. The lowest BCUT2D eigenvalue weighted by Crippen LogP contribution is -2.29. The minimum absolute atomic E-state index is 0.159. The Kier molecular flexibility index (Phi) is 9.96. The number of halogens is 6. The second-order valence-corrected chi connectivity index (χ2v) is 13.4. The monoisotopic (exact) mass is 746 g/mol. The summed E-state index contributed by atoms with van der Waals surface area (Å²) in [7, 11) is -1.93. The number of nitrogens with zero attached hydrogens (tertiary/aromatic N) is 4. The van der Waals surface area contributed by atoms with Gasteiger partial charge in [-0.2, -0.15) is 36.9 Å². The molecular weight excluding hydrogens is 727 g/mol. The summed E-state index contributed by atoms with van der Waals surface area (Å²) in [4.78, 5) is 28.5. The Balaban J connectivity index is 0.000000198. The van der Waals surface area contributed by atoms with Crippen molar-refractivity contribution in [3.63, 3.8) is 0 Å². The molecule has 4 aromatic carbocycles. The average molecular weight is 747 g/mol. The molecule has 262 valence electrons. The Bertz CT molecular complexity index is 2230. The number of ether oxygens (including phenoxy) is 1. The molecule has 0 aliphatic carbocycles. The minimum atomic E-state index is -4.93. The summed E-state index contributed by atoms with van der Waals surface area (Å²) in [5, 5.41) is 27.6. The van der Waals surface area contributed by atoms with Gasteiger partial charge in [0.1, 0.15) is 35.4 Å². The number of nitriles is 2. The molecule has 2 aliphatic heterocycles.